The first-order valence-corrected chi connectivity index (χ1v) is 11.5. The van der Waals surface area contributed by atoms with Crippen molar-refractivity contribution in [1.82, 2.24) is 13.7 Å². The second-order valence-electron chi connectivity index (χ2n) is 8.35. The number of hydrogen-bond donors (Lipinski definition) is 1. The molecule has 1 aliphatic rings. The Balaban J connectivity index is 1.80. The molecule has 178 valence electrons. The zero-order chi connectivity index (χ0) is 24.7. The van der Waals surface area contributed by atoms with Crippen molar-refractivity contribution in [2.75, 3.05) is 5.32 Å². The van der Waals surface area contributed by atoms with Crippen molar-refractivity contribution in [1.29, 1.82) is 0 Å². The van der Waals surface area contributed by atoms with Gasteiger partial charge in [-0.25, -0.2) is 18.1 Å². The van der Waals surface area contributed by atoms with Gasteiger partial charge >= 0.3 is 5.69 Å². The lowest BCUT2D eigenvalue weighted by Crippen LogP contribution is -2.41. The first-order chi connectivity index (χ1) is 16.9. The summed E-state index contributed by atoms with van der Waals surface area (Å²) in [5.74, 6) is 0. The number of hydrogen-bond acceptors (Lipinski definition) is 5. The third-order valence-electron chi connectivity index (χ3n) is 5.92. The number of halogens is 2. The molecule has 1 saturated carbocycles. The van der Waals surface area contributed by atoms with E-state index in [1.807, 2.05) is 0 Å². The van der Waals surface area contributed by atoms with Gasteiger partial charge in [0.2, 0.25) is 6.43 Å². The SMILES string of the molecule is O=c1c2c(Nc3ccc(CC(F)F)cc3)cc(=O)n(C=S)c2n(-c2ccccc2)c(=O)n1C1CC1. The Morgan fingerprint density at radius 3 is 2.31 bits per heavy atom. The first-order valence-electron chi connectivity index (χ1n) is 11.0. The van der Waals surface area contributed by atoms with Crippen LogP contribution in [0.5, 0.6) is 0 Å². The maximum Gasteiger partial charge on any atom is 0.337 e. The Kier molecular flexibility index (Phi) is 5.89. The van der Waals surface area contributed by atoms with Gasteiger partial charge in [-0.1, -0.05) is 42.5 Å². The van der Waals surface area contributed by atoms with E-state index in [9.17, 15) is 23.2 Å². The lowest BCUT2D eigenvalue weighted by atomic mass is 10.1. The average molecular weight is 495 g/mol. The second kappa shape index (κ2) is 9.03. The van der Waals surface area contributed by atoms with Crippen molar-refractivity contribution in [2.45, 2.75) is 31.7 Å². The summed E-state index contributed by atoms with van der Waals surface area (Å²) in [6.45, 7) is 0. The van der Waals surface area contributed by atoms with Crippen LogP contribution in [0.2, 0.25) is 0 Å². The van der Waals surface area contributed by atoms with E-state index < -0.39 is 23.2 Å². The number of thiocarbonyl (C=S) groups is 1. The third-order valence-corrected chi connectivity index (χ3v) is 6.13. The lowest BCUT2D eigenvalue weighted by Gasteiger charge is -2.18. The third kappa shape index (κ3) is 4.21. The molecule has 0 saturated heterocycles. The summed E-state index contributed by atoms with van der Waals surface area (Å²) >= 11 is 5.08. The topological polar surface area (TPSA) is 78.0 Å². The summed E-state index contributed by atoms with van der Waals surface area (Å²) in [7, 11) is 0. The molecule has 0 aliphatic heterocycles. The molecule has 0 bridgehead atoms. The fraction of sp³-hybridized carbons (Fsp3) is 0.200. The van der Waals surface area contributed by atoms with Gasteiger partial charge in [-0.15, -0.1) is 0 Å². The summed E-state index contributed by atoms with van der Waals surface area (Å²) < 4.78 is 29.0. The minimum atomic E-state index is -2.46. The highest BCUT2D eigenvalue weighted by atomic mass is 32.1. The van der Waals surface area contributed by atoms with E-state index in [4.69, 9.17) is 12.2 Å². The molecular formula is C25H20F2N4O3S. The molecule has 0 spiro atoms. The highest BCUT2D eigenvalue weighted by Gasteiger charge is 2.31. The van der Waals surface area contributed by atoms with Crippen molar-refractivity contribution in [3.63, 3.8) is 0 Å². The molecule has 5 rings (SSSR count). The fourth-order valence-electron chi connectivity index (χ4n) is 4.17. The Bertz CT molecular complexity index is 1610. The summed E-state index contributed by atoms with van der Waals surface area (Å²) in [5.41, 5.74) is 1.20. The molecule has 0 atom stereocenters. The zero-order valence-electron chi connectivity index (χ0n) is 18.4. The van der Waals surface area contributed by atoms with Crippen molar-refractivity contribution >= 4 is 40.1 Å². The minimum Gasteiger partial charge on any atom is -0.355 e. The Labute approximate surface area is 202 Å². The van der Waals surface area contributed by atoms with Crippen LogP contribution >= 0.6 is 12.2 Å². The average Bonchev–Trinajstić information content (AvgIpc) is 3.66. The summed E-state index contributed by atoms with van der Waals surface area (Å²) in [6.07, 6.45) is -1.42. The van der Waals surface area contributed by atoms with Gasteiger partial charge in [-0.05, 0) is 42.7 Å². The van der Waals surface area contributed by atoms with E-state index in [0.29, 0.717) is 29.8 Å². The molecule has 2 aromatic heterocycles. The maximum atomic E-state index is 13.6. The molecule has 35 heavy (non-hydrogen) atoms. The quantitative estimate of drug-likeness (QED) is 0.393. The molecule has 0 unspecified atom stereocenters. The first kappa shape index (κ1) is 22.9. The van der Waals surface area contributed by atoms with E-state index in [-0.39, 0.29) is 29.2 Å². The molecular weight excluding hydrogens is 474 g/mol. The van der Waals surface area contributed by atoms with Gasteiger partial charge in [0.25, 0.3) is 11.1 Å². The van der Waals surface area contributed by atoms with E-state index in [1.165, 1.54) is 15.2 Å². The second-order valence-corrected chi connectivity index (χ2v) is 8.56. The number of nitrogens with zero attached hydrogens (tertiary/aromatic N) is 3. The van der Waals surface area contributed by atoms with Gasteiger partial charge in [-0.2, -0.15) is 0 Å². The predicted octanol–water partition coefficient (Wildman–Crippen LogP) is 4.01. The highest BCUT2D eigenvalue weighted by molar-refractivity contribution is 7.78. The van der Waals surface area contributed by atoms with Crippen LogP contribution in [0.4, 0.5) is 20.2 Å². The molecule has 2 heterocycles. The van der Waals surface area contributed by atoms with E-state index in [1.54, 1.807) is 54.6 Å². The van der Waals surface area contributed by atoms with Crippen molar-refractivity contribution in [2.24, 2.45) is 0 Å². The van der Waals surface area contributed by atoms with Gasteiger partial charge in [0.15, 0.2) is 0 Å². The molecule has 1 aliphatic carbocycles. The van der Waals surface area contributed by atoms with Crippen LogP contribution in [-0.2, 0) is 6.42 Å². The molecule has 0 amide bonds. The standard InChI is InChI=1S/C25H20F2N4O3S/c26-20(27)12-15-6-8-16(9-7-15)28-19-13-21(32)29(14-35)23-22(19)24(33)31(18-10-11-18)25(34)30(23)17-4-2-1-3-5-17/h1-9,13-14,18,20,28H,10-12H2. The highest BCUT2D eigenvalue weighted by Crippen LogP contribution is 2.33. The predicted molar refractivity (Wildman–Crippen MR) is 135 cm³/mol. The van der Waals surface area contributed by atoms with Crippen LogP contribution in [0.25, 0.3) is 16.7 Å². The number of rotatable bonds is 7. The Morgan fingerprint density at radius 1 is 1.03 bits per heavy atom. The van der Waals surface area contributed by atoms with Crippen LogP contribution < -0.4 is 22.1 Å². The zero-order valence-corrected chi connectivity index (χ0v) is 19.2. The number of alkyl halides is 2. The van der Waals surface area contributed by atoms with Gasteiger partial charge in [0.1, 0.15) is 11.0 Å². The molecule has 1 fully saturated rings. The van der Waals surface area contributed by atoms with Crippen molar-refractivity contribution < 1.29 is 8.78 Å². The van der Waals surface area contributed by atoms with Gasteiger partial charge < -0.3 is 5.32 Å². The lowest BCUT2D eigenvalue weighted by molar-refractivity contribution is 0.149. The number of anilines is 2. The Morgan fingerprint density at radius 2 is 1.71 bits per heavy atom. The van der Waals surface area contributed by atoms with Crippen LogP contribution in [0.15, 0.2) is 75.0 Å². The van der Waals surface area contributed by atoms with Crippen LogP contribution in [0.3, 0.4) is 0 Å². The number of aromatic nitrogens is 3. The monoisotopic (exact) mass is 494 g/mol. The number of fused-ring (bicyclic) bond motifs is 1. The largest absolute Gasteiger partial charge is 0.355 e. The van der Waals surface area contributed by atoms with Gasteiger partial charge in [0, 0.05) is 24.2 Å². The van der Waals surface area contributed by atoms with Crippen LogP contribution in [0, 0.1) is 0 Å². The van der Waals surface area contributed by atoms with Crippen LogP contribution in [-0.4, -0.2) is 25.6 Å². The van der Waals surface area contributed by atoms with Gasteiger partial charge in [0.05, 0.1) is 16.9 Å². The molecule has 2 aromatic carbocycles. The normalized spacial score (nSPS) is 13.3. The van der Waals surface area contributed by atoms with Gasteiger partial charge in [-0.3, -0.25) is 18.7 Å². The molecule has 4 aromatic rings. The maximum absolute atomic E-state index is 13.6. The Hall–Kier alpha value is -3.92. The molecule has 7 nitrogen and oxygen atoms in total. The van der Waals surface area contributed by atoms with E-state index >= 15 is 0 Å². The molecule has 1 N–H and O–H groups in total. The molecule has 0 radical (unpaired) electrons. The number of pyridine rings is 1. The van der Waals surface area contributed by atoms with E-state index in [0.717, 1.165) is 10.1 Å². The number of para-hydroxylation sites is 1. The van der Waals surface area contributed by atoms with Crippen molar-refractivity contribution in [3.8, 4) is 5.69 Å². The number of benzene rings is 2. The summed E-state index contributed by atoms with van der Waals surface area (Å²) in [5, 5.41) is 3.19. The molecule has 10 heteroatoms. The summed E-state index contributed by atoms with van der Waals surface area (Å²) in [4.78, 5) is 40.2. The fourth-order valence-corrected chi connectivity index (χ4v) is 4.37. The smallest absolute Gasteiger partial charge is 0.337 e. The minimum absolute atomic E-state index is 0.0578. The van der Waals surface area contributed by atoms with E-state index in [2.05, 4.69) is 5.32 Å². The number of nitrogens with one attached hydrogen (secondary N) is 1. The van der Waals surface area contributed by atoms with Crippen molar-refractivity contribution in [3.05, 3.63) is 97.4 Å². The van der Waals surface area contributed by atoms with Crippen LogP contribution in [0.1, 0.15) is 24.4 Å². The summed E-state index contributed by atoms with van der Waals surface area (Å²) in [6, 6.07) is 16.1.